The van der Waals surface area contributed by atoms with Crippen LogP contribution in [-0.2, 0) is 19.0 Å². The van der Waals surface area contributed by atoms with Gasteiger partial charge in [-0.2, -0.15) is 0 Å². The third-order valence-electron chi connectivity index (χ3n) is 5.71. The van der Waals surface area contributed by atoms with Gasteiger partial charge in [0, 0.05) is 18.4 Å². The van der Waals surface area contributed by atoms with Gasteiger partial charge in [0.1, 0.15) is 18.5 Å². The lowest BCUT2D eigenvalue weighted by molar-refractivity contribution is -0.137. The molecule has 0 spiro atoms. The van der Waals surface area contributed by atoms with Crippen LogP contribution >= 0.6 is 0 Å². The van der Waals surface area contributed by atoms with E-state index in [-0.39, 0.29) is 11.7 Å². The number of rotatable bonds is 2. The maximum atomic E-state index is 12.5. The molecule has 1 aromatic rings. The molecule has 1 N–H and O–H groups in total. The van der Waals surface area contributed by atoms with Crippen molar-refractivity contribution in [3.05, 3.63) is 48.0 Å². The summed E-state index contributed by atoms with van der Waals surface area (Å²) in [6, 6.07) is 1.52. The minimum absolute atomic E-state index is 0.145. The summed E-state index contributed by atoms with van der Waals surface area (Å²) < 4.78 is 22.0. The third-order valence-corrected chi connectivity index (χ3v) is 5.71. The molecule has 0 bridgehead atoms. The summed E-state index contributed by atoms with van der Waals surface area (Å²) in [5, 5.41) is 10.4. The van der Waals surface area contributed by atoms with E-state index in [1.165, 1.54) is 18.6 Å². The number of furan rings is 1. The zero-order valence-corrected chi connectivity index (χ0v) is 15.2. The first-order valence-electron chi connectivity index (χ1n) is 8.95. The zero-order chi connectivity index (χ0) is 19.3. The van der Waals surface area contributed by atoms with Gasteiger partial charge >= 0.3 is 11.9 Å². The maximum Gasteiger partial charge on any atom is 0.341 e. The van der Waals surface area contributed by atoms with Crippen molar-refractivity contribution in [2.45, 2.75) is 56.7 Å². The number of esters is 2. The quantitative estimate of drug-likeness (QED) is 0.367. The molecular formula is C20H22O7. The number of epoxide rings is 1. The molecular weight excluding hydrogens is 352 g/mol. The number of hydrogen-bond acceptors (Lipinski definition) is 7. The molecule has 3 aliphatic rings. The Morgan fingerprint density at radius 3 is 2.93 bits per heavy atom. The SMILES string of the molecule is C=C1C(=O)O[C@H]2C=C(C)[C@@H](O)C[C@H]3O[C@]3(C)C[C@@H](OC(=O)c3ccoc3)[C@@H]12. The summed E-state index contributed by atoms with van der Waals surface area (Å²) >= 11 is 0. The van der Waals surface area contributed by atoms with Gasteiger partial charge in [0.05, 0.1) is 35.6 Å². The number of carbonyl (C=O) groups is 2. The van der Waals surface area contributed by atoms with E-state index in [9.17, 15) is 14.7 Å². The average molecular weight is 374 g/mol. The fourth-order valence-electron chi connectivity index (χ4n) is 3.93. The Balaban J connectivity index is 1.69. The molecule has 0 radical (unpaired) electrons. The molecule has 1 aromatic heterocycles. The van der Waals surface area contributed by atoms with Gasteiger partial charge in [0.25, 0.3) is 0 Å². The van der Waals surface area contributed by atoms with Crippen molar-refractivity contribution in [1.82, 2.24) is 0 Å². The molecule has 144 valence electrons. The van der Waals surface area contributed by atoms with Crippen molar-refractivity contribution < 1.29 is 33.3 Å². The van der Waals surface area contributed by atoms with Gasteiger partial charge in [-0.05, 0) is 31.6 Å². The Morgan fingerprint density at radius 2 is 2.22 bits per heavy atom. The van der Waals surface area contributed by atoms with Crippen LogP contribution in [0.1, 0.15) is 37.0 Å². The van der Waals surface area contributed by atoms with Crippen molar-refractivity contribution in [3.63, 3.8) is 0 Å². The molecule has 27 heavy (non-hydrogen) atoms. The first-order valence-corrected chi connectivity index (χ1v) is 8.95. The lowest BCUT2D eigenvalue weighted by Gasteiger charge is -2.28. The van der Waals surface area contributed by atoms with Crippen molar-refractivity contribution in [1.29, 1.82) is 0 Å². The standard InChI is InChI=1S/C20H22O7/c1-10-6-14-17(11(2)18(22)25-14)15(26-19(23)12-4-5-24-9-12)8-20(3)16(27-20)7-13(10)21/h4-6,9,13-17,21H,2,7-8H2,1,3H3/t13-,14-,15+,16+,17-,20+/m0/s1. The van der Waals surface area contributed by atoms with E-state index >= 15 is 0 Å². The molecule has 2 saturated heterocycles. The number of carbonyl (C=O) groups excluding carboxylic acids is 2. The molecule has 1 aliphatic carbocycles. The molecule has 7 heteroatoms. The smallest absolute Gasteiger partial charge is 0.341 e. The van der Waals surface area contributed by atoms with Crippen LogP contribution in [0.15, 0.2) is 46.8 Å². The van der Waals surface area contributed by atoms with Gasteiger partial charge in [0.15, 0.2) is 0 Å². The monoisotopic (exact) mass is 374 g/mol. The number of aliphatic hydroxyl groups excluding tert-OH is 1. The van der Waals surface area contributed by atoms with Crippen molar-refractivity contribution in [3.8, 4) is 0 Å². The molecule has 0 unspecified atom stereocenters. The van der Waals surface area contributed by atoms with Crippen LogP contribution in [0.4, 0.5) is 0 Å². The van der Waals surface area contributed by atoms with E-state index in [4.69, 9.17) is 18.6 Å². The second kappa shape index (κ2) is 6.35. The highest BCUT2D eigenvalue weighted by Crippen LogP contribution is 2.48. The van der Waals surface area contributed by atoms with E-state index in [1.54, 1.807) is 13.0 Å². The lowest BCUT2D eigenvalue weighted by Crippen LogP contribution is -2.37. The van der Waals surface area contributed by atoms with Crippen molar-refractivity contribution >= 4 is 11.9 Å². The molecule has 0 aromatic carbocycles. The summed E-state index contributed by atoms with van der Waals surface area (Å²) in [6.45, 7) is 7.55. The Labute approximate surface area is 156 Å². The summed E-state index contributed by atoms with van der Waals surface area (Å²) in [5.41, 5.74) is 0.688. The van der Waals surface area contributed by atoms with Crippen molar-refractivity contribution in [2.24, 2.45) is 5.92 Å². The lowest BCUT2D eigenvalue weighted by atomic mass is 9.82. The van der Waals surface area contributed by atoms with Gasteiger partial charge in [0.2, 0.25) is 0 Å². The highest BCUT2D eigenvalue weighted by atomic mass is 16.6. The average Bonchev–Trinajstić information content (AvgIpc) is 2.97. The molecule has 2 aliphatic heterocycles. The zero-order valence-electron chi connectivity index (χ0n) is 15.2. The Kier molecular flexibility index (Phi) is 4.24. The minimum atomic E-state index is -0.685. The molecule has 3 heterocycles. The van der Waals surface area contributed by atoms with E-state index in [2.05, 4.69) is 6.58 Å². The van der Waals surface area contributed by atoms with Crippen LogP contribution in [0, 0.1) is 5.92 Å². The van der Waals surface area contributed by atoms with Gasteiger partial charge in [-0.15, -0.1) is 0 Å². The number of ether oxygens (including phenoxy) is 3. The largest absolute Gasteiger partial charge is 0.472 e. The second-order valence-electron chi connectivity index (χ2n) is 7.66. The molecule has 4 rings (SSSR count). The Morgan fingerprint density at radius 1 is 1.44 bits per heavy atom. The van der Waals surface area contributed by atoms with Crippen molar-refractivity contribution in [2.75, 3.05) is 0 Å². The predicted molar refractivity (Wildman–Crippen MR) is 92.7 cm³/mol. The van der Waals surface area contributed by atoms with E-state index in [0.717, 1.165) is 0 Å². The van der Waals surface area contributed by atoms with Gasteiger partial charge < -0.3 is 23.7 Å². The summed E-state index contributed by atoms with van der Waals surface area (Å²) in [7, 11) is 0. The van der Waals surface area contributed by atoms with Crippen LogP contribution in [0.25, 0.3) is 0 Å². The summed E-state index contributed by atoms with van der Waals surface area (Å²) in [4.78, 5) is 24.7. The predicted octanol–water partition coefficient (Wildman–Crippen LogP) is 2.16. The first-order chi connectivity index (χ1) is 12.8. The maximum absolute atomic E-state index is 12.5. The molecule has 2 fully saturated rings. The van der Waals surface area contributed by atoms with E-state index < -0.39 is 41.8 Å². The molecule has 0 saturated carbocycles. The van der Waals surface area contributed by atoms with Crippen LogP contribution in [0.3, 0.4) is 0 Å². The van der Waals surface area contributed by atoms with Crippen LogP contribution < -0.4 is 0 Å². The highest BCUT2D eigenvalue weighted by molar-refractivity contribution is 5.92. The first kappa shape index (κ1) is 18.0. The van der Waals surface area contributed by atoms with Crippen LogP contribution in [0.5, 0.6) is 0 Å². The topological polar surface area (TPSA) is 98.5 Å². The summed E-state index contributed by atoms with van der Waals surface area (Å²) in [6.07, 6.45) is 3.09. The Hall–Kier alpha value is -2.38. The number of fused-ring (bicyclic) bond motifs is 2. The normalized spacial score (nSPS) is 38.3. The van der Waals surface area contributed by atoms with E-state index in [0.29, 0.717) is 24.0 Å². The van der Waals surface area contributed by atoms with Gasteiger partial charge in [-0.1, -0.05) is 6.58 Å². The Bertz CT molecular complexity index is 808. The van der Waals surface area contributed by atoms with E-state index in [1.807, 2.05) is 6.92 Å². The fourth-order valence-corrected chi connectivity index (χ4v) is 3.93. The highest BCUT2D eigenvalue weighted by Gasteiger charge is 2.57. The third kappa shape index (κ3) is 3.21. The summed E-state index contributed by atoms with van der Waals surface area (Å²) in [5.74, 6) is -1.61. The van der Waals surface area contributed by atoms with Crippen LogP contribution in [0.2, 0.25) is 0 Å². The number of aliphatic hydroxyl groups is 1. The fraction of sp³-hybridized carbons (Fsp3) is 0.500. The molecule has 7 nitrogen and oxygen atoms in total. The molecule has 6 atom stereocenters. The van der Waals surface area contributed by atoms with Crippen LogP contribution in [-0.4, -0.2) is 47.1 Å². The second-order valence-corrected chi connectivity index (χ2v) is 7.66. The number of hydrogen-bond donors (Lipinski definition) is 1. The minimum Gasteiger partial charge on any atom is -0.472 e. The van der Waals surface area contributed by atoms with Gasteiger partial charge in [-0.25, -0.2) is 9.59 Å². The van der Waals surface area contributed by atoms with Gasteiger partial charge in [-0.3, -0.25) is 0 Å². The molecule has 0 amide bonds.